The molecule has 0 spiro atoms. The van der Waals surface area contributed by atoms with Crippen LogP contribution in [0.1, 0.15) is 40.0 Å². The second-order valence-corrected chi connectivity index (χ2v) is 8.30. The number of para-hydroxylation sites is 1. The molecular formula is C19H24N2O3S. The monoisotopic (exact) mass is 360 g/mol. The van der Waals surface area contributed by atoms with E-state index in [9.17, 15) is 13.2 Å². The van der Waals surface area contributed by atoms with Crippen LogP contribution in [0.25, 0.3) is 0 Å². The van der Waals surface area contributed by atoms with Gasteiger partial charge in [0.05, 0.1) is 23.5 Å². The van der Waals surface area contributed by atoms with Crippen LogP contribution in [0.15, 0.2) is 42.5 Å². The second-order valence-electron chi connectivity index (χ2n) is 6.29. The third-order valence-corrected chi connectivity index (χ3v) is 5.56. The van der Waals surface area contributed by atoms with Gasteiger partial charge in [-0.25, -0.2) is 8.42 Å². The quantitative estimate of drug-likeness (QED) is 0.890. The number of aryl methyl sites for hydroxylation is 2. The molecular weight excluding hydrogens is 336 g/mol. The fourth-order valence-corrected chi connectivity index (χ4v) is 3.03. The van der Waals surface area contributed by atoms with Crippen molar-refractivity contribution in [2.45, 2.75) is 26.8 Å². The van der Waals surface area contributed by atoms with Crippen LogP contribution < -0.4 is 9.62 Å². The zero-order valence-electron chi connectivity index (χ0n) is 15.2. The summed E-state index contributed by atoms with van der Waals surface area (Å²) in [4.78, 5) is 12.7. The molecule has 1 N–H and O–H groups in total. The van der Waals surface area contributed by atoms with Crippen LogP contribution in [0.2, 0.25) is 0 Å². The van der Waals surface area contributed by atoms with Gasteiger partial charge >= 0.3 is 0 Å². The molecule has 0 saturated carbocycles. The lowest BCUT2D eigenvalue weighted by atomic mass is 10.0. The molecule has 25 heavy (non-hydrogen) atoms. The number of benzene rings is 2. The Balaban J connectivity index is 2.28. The van der Waals surface area contributed by atoms with Crippen LogP contribution in [0.5, 0.6) is 0 Å². The van der Waals surface area contributed by atoms with E-state index in [4.69, 9.17) is 0 Å². The van der Waals surface area contributed by atoms with Gasteiger partial charge in [-0.3, -0.25) is 9.10 Å². The molecule has 1 atom stereocenters. The molecule has 6 heteroatoms. The number of nitrogens with zero attached hydrogens (tertiary/aromatic N) is 1. The minimum atomic E-state index is -3.45. The fraction of sp³-hybridized carbons (Fsp3) is 0.316. The van der Waals surface area contributed by atoms with E-state index in [-0.39, 0.29) is 11.9 Å². The molecule has 5 nitrogen and oxygen atoms in total. The first kappa shape index (κ1) is 19.0. The van der Waals surface area contributed by atoms with Gasteiger partial charge in [-0.05, 0) is 49.6 Å². The predicted octanol–water partition coefficient (Wildman–Crippen LogP) is 3.19. The smallest absolute Gasteiger partial charge is 0.253 e. The highest BCUT2D eigenvalue weighted by molar-refractivity contribution is 7.92. The second kappa shape index (κ2) is 7.27. The summed E-state index contributed by atoms with van der Waals surface area (Å²) in [5.74, 6) is -0.308. The molecule has 2 aromatic rings. The topological polar surface area (TPSA) is 66.5 Å². The van der Waals surface area contributed by atoms with Crippen molar-refractivity contribution >= 4 is 21.6 Å². The summed E-state index contributed by atoms with van der Waals surface area (Å²) in [5, 5.41) is 2.95. The Morgan fingerprint density at radius 2 is 1.72 bits per heavy atom. The number of carbonyl (C=O) groups excluding carboxylic acids is 1. The predicted molar refractivity (Wildman–Crippen MR) is 101 cm³/mol. The lowest BCUT2D eigenvalue weighted by Gasteiger charge is -2.21. The Morgan fingerprint density at radius 3 is 2.32 bits per heavy atom. The fourth-order valence-electron chi connectivity index (χ4n) is 2.51. The molecule has 0 aliphatic rings. The molecule has 1 amide bonds. The maximum atomic E-state index is 12.7. The maximum Gasteiger partial charge on any atom is 0.253 e. The van der Waals surface area contributed by atoms with Crippen molar-refractivity contribution in [3.05, 3.63) is 64.7 Å². The van der Waals surface area contributed by atoms with Crippen molar-refractivity contribution < 1.29 is 13.2 Å². The highest BCUT2D eigenvalue weighted by atomic mass is 32.2. The number of anilines is 1. The van der Waals surface area contributed by atoms with Crippen LogP contribution in [0.3, 0.4) is 0 Å². The van der Waals surface area contributed by atoms with Crippen LogP contribution in [0, 0.1) is 13.8 Å². The van der Waals surface area contributed by atoms with Gasteiger partial charge in [-0.1, -0.05) is 30.3 Å². The molecule has 2 rings (SSSR count). The zero-order valence-corrected chi connectivity index (χ0v) is 16.0. The average molecular weight is 360 g/mol. The molecule has 0 unspecified atom stereocenters. The zero-order chi connectivity index (χ0) is 18.8. The van der Waals surface area contributed by atoms with Crippen LogP contribution in [0.4, 0.5) is 5.69 Å². The van der Waals surface area contributed by atoms with Gasteiger partial charge in [-0.2, -0.15) is 0 Å². The summed E-state index contributed by atoms with van der Waals surface area (Å²) in [7, 11) is -2.01. The van der Waals surface area contributed by atoms with Crippen LogP contribution >= 0.6 is 0 Å². The molecule has 2 aromatic carbocycles. The molecule has 0 aliphatic heterocycles. The summed E-state index contributed by atoms with van der Waals surface area (Å²) in [5.41, 5.74) is 4.05. The summed E-state index contributed by atoms with van der Waals surface area (Å²) < 4.78 is 24.7. The third-order valence-electron chi connectivity index (χ3n) is 4.36. The minimum Gasteiger partial charge on any atom is -0.345 e. The number of hydrogen-bond acceptors (Lipinski definition) is 3. The molecule has 0 bridgehead atoms. The lowest BCUT2D eigenvalue weighted by molar-refractivity contribution is 0.0940. The van der Waals surface area contributed by atoms with Gasteiger partial charge in [0.25, 0.3) is 5.91 Å². The number of carbonyl (C=O) groups is 1. The van der Waals surface area contributed by atoms with E-state index < -0.39 is 10.0 Å². The maximum absolute atomic E-state index is 12.7. The standard InChI is InChI=1S/C19H24N2O3S/c1-13-10-11-16(12-14(13)2)15(3)20-19(22)17-8-6-7-9-18(17)21(4)25(5,23)24/h6-12,15H,1-5H3,(H,20,22)/t15-/m1/s1. The summed E-state index contributed by atoms with van der Waals surface area (Å²) in [6.07, 6.45) is 1.11. The number of rotatable bonds is 5. The largest absolute Gasteiger partial charge is 0.345 e. The third kappa shape index (κ3) is 4.39. The SMILES string of the molecule is Cc1ccc([C@@H](C)NC(=O)c2ccccc2N(C)S(C)(=O)=O)cc1C. The number of amides is 1. The minimum absolute atomic E-state index is 0.191. The van der Waals surface area contributed by atoms with E-state index in [1.54, 1.807) is 24.3 Å². The van der Waals surface area contributed by atoms with E-state index in [0.29, 0.717) is 11.3 Å². The van der Waals surface area contributed by atoms with E-state index in [1.165, 1.54) is 12.6 Å². The highest BCUT2D eigenvalue weighted by Gasteiger charge is 2.20. The molecule has 0 heterocycles. The average Bonchev–Trinajstić information content (AvgIpc) is 2.55. The molecule has 0 fully saturated rings. The Kier molecular flexibility index (Phi) is 5.52. The van der Waals surface area contributed by atoms with E-state index in [1.807, 2.05) is 32.9 Å². The van der Waals surface area contributed by atoms with Gasteiger partial charge in [0.15, 0.2) is 0 Å². The first-order valence-electron chi connectivity index (χ1n) is 8.02. The van der Waals surface area contributed by atoms with Crippen molar-refractivity contribution in [2.24, 2.45) is 0 Å². The van der Waals surface area contributed by atoms with Gasteiger partial charge in [0.1, 0.15) is 0 Å². The van der Waals surface area contributed by atoms with Crippen molar-refractivity contribution in [3.63, 3.8) is 0 Å². The molecule has 0 saturated heterocycles. The summed E-state index contributed by atoms with van der Waals surface area (Å²) in [6.45, 7) is 5.98. The van der Waals surface area contributed by atoms with E-state index in [0.717, 1.165) is 21.7 Å². The van der Waals surface area contributed by atoms with E-state index >= 15 is 0 Å². The molecule has 0 aromatic heterocycles. The number of nitrogens with one attached hydrogen (secondary N) is 1. The van der Waals surface area contributed by atoms with Crippen LogP contribution in [-0.4, -0.2) is 27.6 Å². The highest BCUT2D eigenvalue weighted by Crippen LogP contribution is 2.23. The number of sulfonamides is 1. The van der Waals surface area contributed by atoms with Gasteiger partial charge in [-0.15, -0.1) is 0 Å². The van der Waals surface area contributed by atoms with Crippen molar-refractivity contribution in [2.75, 3.05) is 17.6 Å². The normalized spacial score (nSPS) is 12.5. The molecule has 0 aliphatic carbocycles. The Labute approximate surface area is 149 Å². The van der Waals surface area contributed by atoms with E-state index in [2.05, 4.69) is 11.4 Å². The van der Waals surface area contributed by atoms with Crippen molar-refractivity contribution in [1.29, 1.82) is 0 Å². The van der Waals surface area contributed by atoms with Crippen molar-refractivity contribution in [1.82, 2.24) is 5.32 Å². The van der Waals surface area contributed by atoms with Crippen molar-refractivity contribution in [3.8, 4) is 0 Å². The summed E-state index contributed by atoms with van der Waals surface area (Å²) in [6, 6.07) is 12.5. The summed E-state index contributed by atoms with van der Waals surface area (Å²) >= 11 is 0. The van der Waals surface area contributed by atoms with Gasteiger partial charge in [0.2, 0.25) is 10.0 Å². The van der Waals surface area contributed by atoms with Gasteiger partial charge in [0, 0.05) is 7.05 Å². The van der Waals surface area contributed by atoms with Gasteiger partial charge < -0.3 is 5.32 Å². The first-order valence-corrected chi connectivity index (χ1v) is 9.87. The lowest BCUT2D eigenvalue weighted by Crippen LogP contribution is -2.31. The Morgan fingerprint density at radius 1 is 1.08 bits per heavy atom. The molecule has 0 radical (unpaired) electrons. The van der Waals surface area contributed by atoms with Crippen LogP contribution in [-0.2, 0) is 10.0 Å². The molecule has 134 valence electrons. The Bertz CT molecular complexity index is 891. The number of hydrogen-bond donors (Lipinski definition) is 1. The first-order chi connectivity index (χ1) is 11.6. The Hall–Kier alpha value is -2.34.